The highest BCUT2D eigenvalue weighted by Gasteiger charge is 2.34. The van der Waals surface area contributed by atoms with Crippen LogP contribution in [0.5, 0.6) is 17.2 Å². The van der Waals surface area contributed by atoms with E-state index >= 15 is 0 Å². The van der Waals surface area contributed by atoms with Crippen LogP contribution < -0.4 is 24.4 Å². The van der Waals surface area contributed by atoms with Gasteiger partial charge in [0.15, 0.2) is 16.3 Å². The summed E-state index contributed by atoms with van der Waals surface area (Å²) in [6.07, 6.45) is 1.36. The number of thiazole rings is 1. The summed E-state index contributed by atoms with van der Waals surface area (Å²) in [4.78, 5) is 42.4. The fourth-order valence-corrected chi connectivity index (χ4v) is 5.74. The number of nitrogens with zero attached hydrogens (tertiary/aromatic N) is 3. The molecule has 13 heteroatoms. The van der Waals surface area contributed by atoms with Gasteiger partial charge in [0.2, 0.25) is 5.75 Å². The summed E-state index contributed by atoms with van der Waals surface area (Å²) in [5.74, 6) is -0.278. The van der Waals surface area contributed by atoms with Crippen LogP contribution in [0.25, 0.3) is 6.08 Å². The highest BCUT2D eigenvalue weighted by atomic mass is 79.9. The predicted octanol–water partition coefficient (Wildman–Crippen LogP) is 3.58. The molecular weight excluding hydrogens is 594 g/mol. The lowest BCUT2D eigenvalue weighted by Gasteiger charge is -2.25. The van der Waals surface area contributed by atoms with Gasteiger partial charge in [-0.25, -0.2) is 9.79 Å². The zero-order chi connectivity index (χ0) is 28.4. The first-order valence-electron chi connectivity index (χ1n) is 11.8. The van der Waals surface area contributed by atoms with Gasteiger partial charge in [-0.1, -0.05) is 33.3 Å². The molecule has 0 unspecified atom stereocenters. The van der Waals surface area contributed by atoms with Gasteiger partial charge in [-0.05, 0) is 50.6 Å². The number of hydrogen-bond acceptors (Lipinski definition) is 10. The molecule has 1 aromatic heterocycles. The SMILES string of the molecule is CCOC(=O)C1=C(C)N=c2s/c(=C\c3cc(Br)cc([N+](=O)[O-])c3O)c(=O)n2[C@H]1c1ccc(OC)c(OCC)c1. The lowest BCUT2D eigenvalue weighted by Crippen LogP contribution is -2.40. The van der Waals surface area contributed by atoms with E-state index in [1.165, 1.54) is 29.9 Å². The lowest BCUT2D eigenvalue weighted by atomic mass is 9.95. The van der Waals surface area contributed by atoms with Gasteiger partial charge in [0.05, 0.1) is 47.1 Å². The second kappa shape index (κ2) is 11.4. The number of hydrogen-bond donors (Lipinski definition) is 1. The Kier molecular flexibility index (Phi) is 8.21. The minimum atomic E-state index is -0.905. The third-order valence-electron chi connectivity index (χ3n) is 5.89. The van der Waals surface area contributed by atoms with Crippen molar-refractivity contribution in [3.63, 3.8) is 0 Å². The van der Waals surface area contributed by atoms with E-state index in [2.05, 4.69) is 20.9 Å². The molecule has 39 heavy (non-hydrogen) atoms. The van der Waals surface area contributed by atoms with Crippen molar-refractivity contribution in [2.45, 2.75) is 26.8 Å². The van der Waals surface area contributed by atoms with Crippen molar-refractivity contribution < 1.29 is 29.0 Å². The number of phenolic OH excluding ortho intramolecular Hbond substituents is 1. The topological polar surface area (TPSA) is 142 Å². The Hall–Kier alpha value is -3.97. The first kappa shape index (κ1) is 28.0. The quantitative estimate of drug-likeness (QED) is 0.229. The van der Waals surface area contributed by atoms with E-state index in [1.54, 1.807) is 32.0 Å². The minimum Gasteiger partial charge on any atom is -0.502 e. The van der Waals surface area contributed by atoms with Crippen LogP contribution in [0.15, 0.2) is 55.9 Å². The number of aromatic hydroxyl groups is 1. The molecule has 0 fully saturated rings. The number of halogens is 1. The summed E-state index contributed by atoms with van der Waals surface area (Å²) in [5, 5.41) is 21.9. The summed E-state index contributed by atoms with van der Waals surface area (Å²) < 4.78 is 18.3. The van der Waals surface area contributed by atoms with E-state index in [0.29, 0.717) is 38.6 Å². The Bertz CT molecular complexity index is 1690. The largest absolute Gasteiger partial charge is 0.502 e. The monoisotopic (exact) mass is 617 g/mol. The maximum absolute atomic E-state index is 13.8. The third-order valence-corrected chi connectivity index (χ3v) is 7.33. The average Bonchev–Trinajstić information content (AvgIpc) is 3.19. The fourth-order valence-electron chi connectivity index (χ4n) is 4.23. The standard InChI is InChI=1S/C26H24BrN3O8S/c1-5-37-19-10-14(7-8-18(19)36-4)22-21(25(33)38-6-2)13(3)28-26-29(22)24(32)20(39-26)11-15-9-16(27)12-17(23(15)31)30(34)35/h7-12,22,31H,5-6H2,1-4H3/b20-11-/t22-/m0/s1. The van der Waals surface area contributed by atoms with Crippen LogP contribution >= 0.6 is 27.3 Å². The van der Waals surface area contributed by atoms with Gasteiger partial charge >= 0.3 is 11.7 Å². The number of aromatic nitrogens is 1. The molecule has 0 saturated carbocycles. The highest BCUT2D eigenvalue weighted by molar-refractivity contribution is 9.10. The summed E-state index contributed by atoms with van der Waals surface area (Å²) in [7, 11) is 1.51. The van der Waals surface area contributed by atoms with Crippen LogP contribution in [0.1, 0.15) is 37.9 Å². The normalized spacial score (nSPS) is 15.0. The number of rotatable bonds is 8. The highest BCUT2D eigenvalue weighted by Crippen LogP contribution is 2.37. The molecule has 1 aliphatic rings. The minimum absolute atomic E-state index is 0.0716. The summed E-state index contributed by atoms with van der Waals surface area (Å²) in [6, 6.07) is 6.84. The Labute approximate surface area is 234 Å². The molecule has 1 atom stereocenters. The number of ether oxygens (including phenoxy) is 3. The van der Waals surface area contributed by atoms with Gasteiger partial charge in [-0.3, -0.25) is 19.5 Å². The van der Waals surface area contributed by atoms with Gasteiger partial charge in [0.25, 0.3) is 5.56 Å². The van der Waals surface area contributed by atoms with Crippen molar-refractivity contribution in [2.75, 3.05) is 20.3 Å². The molecule has 0 amide bonds. The number of methoxy groups -OCH3 is 1. The molecule has 0 aliphatic carbocycles. The smallest absolute Gasteiger partial charge is 0.338 e. The third kappa shape index (κ3) is 5.32. The van der Waals surface area contributed by atoms with E-state index in [-0.39, 0.29) is 22.3 Å². The van der Waals surface area contributed by atoms with Gasteiger partial charge in [0.1, 0.15) is 0 Å². The van der Waals surface area contributed by atoms with Crippen LogP contribution in [0.4, 0.5) is 5.69 Å². The number of carbonyl (C=O) groups is 1. The number of phenols is 1. The van der Waals surface area contributed by atoms with E-state index < -0.39 is 33.9 Å². The molecule has 3 aromatic rings. The molecule has 2 heterocycles. The van der Waals surface area contributed by atoms with Crippen LogP contribution in [0, 0.1) is 10.1 Å². The molecule has 1 N–H and O–H groups in total. The number of esters is 1. The van der Waals surface area contributed by atoms with Crippen molar-refractivity contribution >= 4 is 45.0 Å². The van der Waals surface area contributed by atoms with Gasteiger partial charge < -0.3 is 19.3 Å². The first-order chi connectivity index (χ1) is 18.6. The Morgan fingerprint density at radius 3 is 2.64 bits per heavy atom. The first-order valence-corrected chi connectivity index (χ1v) is 13.4. The molecule has 11 nitrogen and oxygen atoms in total. The van der Waals surface area contributed by atoms with Gasteiger partial charge in [-0.15, -0.1) is 0 Å². The summed E-state index contributed by atoms with van der Waals surface area (Å²) in [5.41, 5.74) is 0.176. The van der Waals surface area contributed by atoms with E-state index in [1.807, 2.05) is 6.92 Å². The van der Waals surface area contributed by atoms with Crippen LogP contribution in [-0.2, 0) is 9.53 Å². The second-order valence-corrected chi connectivity index (χ2v) is 10.2. The molecule has 0 radical (unpaired) electrons. The van der Waals surface area contributed by atoms with Crippen LogP contribution in [0.3, 0.4) is 0 Å². The zero-order valence-electron chi connectivity index (χ0n) is 21.4. The van der Waals surface area contributed by atoms with Crippen molar-refractivity contribution in [3.05, 3.63) is 87.0 Å². The zero-order valence-corrected chi connectivity index (χ0v) is 23.8. The van der Waals surface area contributed by atoms with Crippen molar-refractivity contribution in [2.24, 2.45) is 4.99 Å². The number of nitro groups is 1. The summed E-state index contributed by atoms with van der Waals surface area (Å²) >= 11 is 4.23. The molecule has 0 bridgehead atoms. The summed E-state index contributed by atoms with van der Waals surface area (Å²) in [6.45, 7) is 5.66. The van der Waals surface area contributed by atoms with Gasteiger partial charge in [0, 0.05) is 16.1 Å². The van der Waals surface area contributed by atoms with E-state index in [9.17, 15) is 24.8 Å². The molecule has 1 aliphatic heterocycles. The van der Waals surface area contributed by atoms with Crippen molar-refractivity contribution in [1.29, 1.82) is 0 Å². The number of nitro benzene ring substituents is 1. The van der Waals surface area contributed by atoms with Crippen molar-refractivity contribution in [1.82, 2.24) is 4.57 Å². The number of fused-ring (bicyclic) bond motifs is 1. The second-order valence-electron chi connectivity index (χ2n) is 8.27. The Morgan fingerprint density at radius 2 is 2.00 bits per heavy atom. The molecule has 0 spiro atoms. The Morgan fingerprint density at radius 1 is 1.26 bits per heavy atom. The van der Waals surface area contributed by atoms with Gasteiger partial charge in [-0.2, -0.15) is 0 Å². The van der Waals surface area contributed by atoms with Crippen LogP contribution in [-0.4, -0.2) is 40.9 Å². The van der Waals surface area contributed by atoms with Crippen molar-refractivity contribution in [3.8, 4) is 17.2 Å². The molecule has 2 aromatic carbocycles. The van der Waals surface area contributed by atoms with E-state index in [0.717, 1.165) is 11.3 Å². The maximum Gasteiger partial charge on any atom is 0.338 e. The Balaban J connectivity index is 2.00. The average molecular weight is 618 g/mol. The molecule has 0 saturated heterocycles. The number of benzene rings is 2. The molecule has 204 valence electrons. The van der Waals surface area contributed by atoms with E-state index in [4.69, 9.17) is 14.2 Å². The predicted molar refractivity (Wildman–Crippen MR) is 147 cm³/mol. The number of allylic oxidation sites excluding steroid dienone is 1. The number of carbonyl (C=O) groups excluding carboxylic acids is 1. The molecular formula is C26H24BrN3O8S. The fraction of sp³-hybridized carbons (Fsp3) is 0.269. The molecule has 4 rings (SSSR count). The maximum atomic E-state index is 13.8. The van der Waals surface area contributed by atoms with Crippen LogP contribution in [0.2, 0.25) is 0 Å². The lowest BCUT2D eigenvalue weighted by molar-refractivity contribution is -0.385.